The van der Waals surface area contributed by atoms with Gasteiger partial charge in [-0.25, -0.2) is 0 Å². The molecule has 1 saturated heterocycles. The predicted molar refractivity (Wildman–Crippen MR) is 96.4 cm³/mol. The van der Waals surface area contributed by atoms with Crippen LogP contribution in [0.25, 0.3) is 0 Å². The molecule has 5 atom stereocenters. The highest BCUT2D eigenvalue weighted by Gasteiger charge is 2.44. The van der Waals surface area contributed by atoms with Gasteiger partial charge in [-0.05, 0) is 30.0 Å². The van der Waals surface area contributed by atoms with Gasteiger partial charge in [0.2, 0.25) is 6.29 Å². The van der Waals surface area contributed by atoms with Crippen LogP contribution in [-0.2, 0) is 17.6 Å². The maximum atomic E-state index is 10.2. The summed E-state index contributed by atoms with van der Waals surface area (Å²) in [5, 5.41) is 49.1. The summed E-state index contributed by atoms with van der Waals surface area (Å²) in [7, 11) is 0. The summed E-state index contributed by atoms with van der Waals surface area (Å²) in [6, 6.07) is 14.7. The van der Waals surface area contributed by atoms with Gasteiger partial charge in [0.05, 0.1) is 6.61 Å². The molecule has 2 aromatic rings. The van der Waals surface area contributed by atoms with Gasteiger partial charge < -0.3 is 35.0 Å². The molecular weight excluding hydrogens is 352 g/mol. The second-order valence-corrected chi connectivity index (χ2v) is 6.59. The van der Waals surface area contributed by atoms with Gasteiger partial charge in [-0.3, -0.25) is 0 Å². The molecule has 1 heterocycles. The van der Waals surface area contributed by atoms with Crippen molar-refractivity contribution in [3.63, 3.8) is 0 Å². The van der Waals surface area contributed by atoms with Crippen molar-refractivity contribution in [3.8, 4) is 11.5 Å². The fraction of sp³-hybridized carbons (Fsp3) is 0.400. The van der Waals surface area contributed by atoms with Gasteiger partial charge in [0, 0.05) is 6.07 Å². The number of aromatic hydroxyl groups is 1. The Hall–Kier alpha value is -2.16. The molecular formula is C20H24O7. The van der Waals surface area contributed by atoms with E-state index in [9.17, 15) is 25.5 Å². The van der Waals surface area contributed by atoms with Crippen LogP contribution < -0.4 is 4.74 Å². The quantitative estimate of drug-likeness (QED) is 0.494. The molecule has 0 unspecified atom stereocenters. The molecule has 27 heavy (non-hydrogen) atoms. The van der Waals surface area contributed by atoms with Crippen LogP contribution in [0.1, 0.15) is 11.1 Å². The molecule has 0 aromatic heterocycles. The lowest BCUT2D eigenvalue weighted by Gasteiger charge is -2.39. The van der Waals surface area contributed by atoms with E-state index in [2.05, 4.69) is 0 Å². The summed E-state index contributed by atoms with van der Waals surface area (Å²) in [4.78, 5) is 0. The summed E-state index contributed by atoms with van der Waals surface area (Å²) >= 11 is 0. The van der Waals surface area contributed by atoms with Gasteiger partial charge in [0.25, 0.3) is 0 Å². The number of aliphatic hydroxyl groups excluding tert-OH is 4. The molecule has 3 rings (SSSR count). The van der Waals surface area contributed by atoms with Crippen molar-refractivity contribution >= 4 is 0 Å². The SMILES string of the molecule is OC[C@H]1O[C@H](Oc2ccc(CCc3ccccc3)c(O)c2)[C@H](O)[C@@H](O)[C@@H]1O. The molecule has 146 valence electrons. The molecule has 0 bridgehead atoms. The molecule has 7 heteroatoms. The number of ether oxygens (including phenoxy) is 2. The number of phenolic OH excluding ortho intramolecular Hbond substituents is 1. The average Bonchev–Trinajstić information content (AvgIpc) is 2.68. The molecule has 5 N–H and O–H groups in total. The minimum absolute atomic E-state index is 0.0491. The Morgan fingerprint density at radius 1 is 0.889 bits per heavy atom. The molecule has 0 aliphatic carbocycles. The highest BCUT2D eigenvalue weighted by molar-refractivity contribution is 5.40. The predicted octanol–water partition coefficient (Wildman–Crippen LogP) is 0.356. The van der Waals surface area contributed by atoms with Crippen molar-refractivity contribution in [2.45, 2.75) is 43.5 Å². The second-order valence-electron chi connectivity index (χ2n) is 6.59. The molecule has 1 aliphatic heterocycles. The lowest BCUT2D eigenvalue weighted by Crippen LogP contribution is -2.60. The number of hydrogen-bond donors (Lipinski definition) is 5. The Kier molecular flexibility index (Phi) is 6.30. The van der Waals surface area contributed by atoms with Crippen LogP contribution in [0, 0.1) is 0 Å². The lowest BCUT2D eigenvalue weighted by atomic mass is 9.99. The van der Waals surface area contributed by atoms with Crippen LogP contribution >= 0.6 is 0 Å². The van der Waals surface area contributed by atoms with Gasteiger partial charge in [-0.2, -0.15) is 0 Å². The number of phenols is 1. The average molecular weight is 376 g/mol. The molecule has 7 nitrogen and oxygen atoms in total. The first kappa shape index (κ1) is 19.6. The van der Waals surface area contributed by atoms with Gasteiger partial charge in [0.15, 0.2) is 0 Å². The maximum absolute atomic E-state index is 10.2. The van der Waals surface area contributed by atoms with Crippen LogP contribution in [0.15, 0.2) is 48.5 Å². The highest BCUT2D eigenvalue weighted by Crippen LogP contribution is 2.28. The minimum atomic E-state index is -1.51. The molecule has 0 saturated carbocycles. The minimum Gasteiger partial charge on any atom is -0.508 e. The third-order valence-electron chi connectivity index (χ3n) is 4.68. The Bertz CT molecular complexity index is 734. The Morgan fingerprint density at radius 3 is 2.30 bits per heavy atom. The molecule has 1 fully saturated rings. The van der Waals surface area contributed by atoms with Crippen molar-refractivity contribution in [1.29, 1.82) is 0 Å². The van der Waals surface area contributed by atoms with Crippen LogP contribution in [0.2, 0.25) is 0 Å². The fourth-order valence-corrected chi connectivity index (χ4v) is 3.05. The molecule has 0 radical (unpaired) electrons. The fourth-order valence-electron chi connectivity index (χ4n) is 3.05. The summed E-state index contributed by atoms with van der Waals surface area (Å²) < 4.78 is 10.8. The highest BCUT2D eigenvalue weighted by atomic mass is 16.7. The third-order valence-corrected chi connectivity index (χ3v) is 4.68. The number of aliphatic hydroxyl groups is 4. The second kappa shape index (κ2) is 8.69. The van der Waals surface area contributed by atoms with Crippen molar-refractivity contribution in [1.82, 2.24) is 0 Å². The zero-order valence-corrected chi connectivity index (χ0v) is 14.7. The van der Waals surface area contributed by atoms with E-state index < -0.39 is 37.3 Å². The van der Waals surface area contributed by atoms with E-state index in [0.29, 0.717) is 6.42 Å². The molecule has 0 amide bonds. The zero-order valence-electron chi connectivity index (χ0n) is 14.7. The number of hydrogen-bond acceptors (Lipinski definition) is 7. The Labute approximate surface area is 157 Å². The van der Waals surface area contributed by atoms with E-state index in [1.165, 1.54) is 11.6 Å². The zero-order chi connectivity index (χ0) is 19.4. The smallest absolute Gasteiger partial charge is 0.229 e. The maximum Gasteiger partial charge on any atom is 0.229 e. The van der Waals surface area contributed by atoms with Gasteiger partial charge in [-0.15, -0.1) is 0 Å². The third kappa shape index (κ3) is 4.58. The summed E-state index contributed by atoms with van der Waals surface area (Å²) in [5.74, 6) is 0.285. The van der Waals surface area contributed by atoms with Crippen LogP contribution in [0.3, 0.4) is 0 Å². The largest absolute Gasteiger partial charge is 0.508 e. The molecule has 1 aliphatic rings. The van der Waals surface area contributed by atoms with Crippen molar-refractivity contribution < 1.29 is 35.0 Å². The number of aryl methyl sites for hydroxylation is 2. The van der Waals surface area contributed by atoms with Crippen LogP contribution in [-0.4, -0.2) is 62.8 Å². The topological polar surface area (TPSA) is 120 Å². The molecule has 2 aromatic carbocycles. The number of rotatable bonds is 6. The van der Waals surface area contributed by atoms with Crippen molar-refractivity contribution in [2.75, 3.05) is 6.61 Å². The van der Waals surface area contributed by atoms with Gasteiger partial charge >= 0.3 is 0 Å². The first-order valence-corrected chi connectivity index (χ1v) is 8.82. The molecule has 0 spiro atoms. The summed E-state index contributed by atoms with van der Waals surface area (Å²) in [5.41, 5.74) is 1.92. The van der Waals surface area contributed by atoms with E-state index in [0.717, 1.165) is 12.0 Å². The standard InChI is InChI=1S/C20H24O7/c21-11-16-17(23)18(24)19(25)20(27-16)26-14-9-8-13(15(22)10-14)7-6-12-4-2-1-3-5-12/h1-5,8-10,16-25H,6-7,11H2/t16-,17-,18+,19-,20+/m1/s1. The van der Waals surface area contributed by atoms with E-state index in [1.54, 1.807) is 12.1 Å². The van der Waals surface area contributed by atoms with Gasteiger partial charge in [-0.1, -0.05) is 36.4 Å². The first-order valence-electron chi connectivity index (χ1n) is 8.82. The summed E-state index contributed by atoms with van der Waals surface area (Å²) in [6.07, 6.45) is -5.36. The van der Waals surface area contributed by atoms with Crippen molar-refractivity contribution in [2.24, 2.45) is 0 Å². The monoisotopic (exact) mass is 376 g/mol. The number of benzene rings is 2. The van der Waals surface area contributed by atoms with E-state index in [4.69, 9.17) is 9.47 Å². The van der Waals surface area contributed by atoms with Crippen LogP contribution in [0.5, 0.6) is 11.5 Å². The van der Waals surface area contributed by atoms with Crippen LogP contribution in [0.4, 0.5) is 0 Å². The Balaban J connectivity index is 1.65. The first-order chi connectivity index (χ1) is 13.0. The van der Waals surface area contributed by atoms with Gasteiger partial charge in [0.1, 0.15) is 35.9 Å². The summed E-state index contributed by atoms with van der Waals surface area (Å²) in [6.45, 7) is -0.533. The Morgan fingerprint density at radius 2 is 1.63 bits per heavy atom. The van der Waals surface area contributed by atoms with E-state index in [1.807, 2.05) is 30.3 Å². The van der Waals surface area contributed by atoms with E-state index >= 15 is 0 Å². The normalized spacial score (nSPS) is 28.1. The lowest BCUT2D eigenvalue weighted by molar-refractivity contribution is -0.277. The van der Waals surface area contributed by atoms with E-state index in [-0.39, 0.29) is 11.5 Å². The van der Waals surface area contributed by atoms with Crippen molar-refractivity contribution in [3.05, 3.63) is 59.7 Å².